The molecule has 2 aromatic heterocycles. The van der Waals surface area contributed by atoms with Gasteiger partial charge in [0.25, 0.3) is 0 Å². The molecule has 0 amide bonds. The molecule has 5 heteroatoms. The number of aromatic nitrogens is 2. The first-order valence-corrected chi connectivity index (χ1v) is 6.13. The molecule has 94 valence electrons. The average molecular weight is 245 g/mol. The van der Waals surface area contributed by atoms with E-state index in [1.165, 1.54) is 0 Å². The number of nitrogens with one attached hydrogen (secondary N) is 2. The summed E-state index contributed by atoms with van der Waals surface area (Å²) in [7, 11) is 0. The number of aromatic amines is 1. The minimum atomic E-state index is -0.731. The van der Waals surface area contributed by atoms with Gasteiger partial charge in [-0.3, -0.25) is 4.79 Å². The SMILES string of the molecule is O=C(O)C1CNCCC1c1c[nH]c2ncccc12. The second-order valence-corrected chi connectivity index (χ2v) is 4.69. The lowest BCUT2D eigenvalue weighted by atomic mass is 9.81. The fourth-order valence-electron chi connectivity index (χ4n) is 2.77. The molecule has 0 saturated carbocycles. The zero-order chi connectivity index (χ0) is 12.5. The van der Waals surface area contributed by atoms with Gasteiger partial charge in [0.15, 0.2) is 0 Å². The number of hydrogen-bond donors (Lipinski definition) is 3. The normalized spacial score (nSPS) is 24.2. The van der Waals surface area contributed by atoms with Crippen LogP contribution in [0, 0.1) is 5.92 Å². The predicted molar refractivity (Wildman–Crippen MR) is 67.4 cm³/mol. The van der Waals surface area contributed by atoms with E-state index in [1.54, 1.807) is 6.20 Å². The van der Waals surface area contributed by atoms with Gasteiger partial charge in [0.05, 0.1) is 5.92 Å². The molecule has 1 saturated heterocycles. The van der Waals surface area contributed by atoms with Crippen LogP contribution in [0.1, 0.15) is 17.9 Å². The third kappa shape index (κ3) is 1.76. The number of fused-ring (bicyclic) bond motifs is 1. The molecule has 1 fully saturated rings. The van der Waals surface area contributed by atoms with Crippen molar-refractivity contribution in [2.24, 2.45) is 5.92 Å². The number of aliphatic carboxylic acids is 1. The molecule has 2 atom stereocenters. The third-order valence-corrected chi connectivity index (χ3v) is 3.68. The van der Waals surface area contributed by atoms with E-state index in [0.29, 0.717) is 6.54 Å². The van der Waals surface area contributed by atoms with Gasteiger partial charge in [-0.15, -0.1) is 0 Å². The Labute approximate surface area is 104 Å². The molecule has 18 heavy (non-hydrogen) atoms. The smallest absolute Gasteiger partial charge is 0.308 e. The van der Waals surface area contributed by atoms with Crippen molar-refractivity contribution in [1.82, 2.24) is 15.3 Å². The van der Waals surface area contributed by atoms with Crippen molar-refractivity contribution in [3.63, 3.8) is 0 Å². The van der Waals surface area contributed by atoms with Gasteiger partial charge >= 0.3 is 5.97 Å². The molecule has 1 aliphatic heterocycles. The quantitative estimate of drug-likeness (QED) is 0.746. The summed E-state index contributed by atoms with van der Waals surface area (Å²) in [5.74, 6) is -1.04. The van der Waals surface area contributed by atoms with Crippen LogP contribution in [0.15, 0.2) is 24.5 Å². The monoisotopic (exact) mass is 245 g/mol. The van der Waals surface area contributed by atoms with Gasteiger partial charge in [0.1, 0.15) is 5.65 Å². The Hall–Kier alpha value is -1.88. The summed E-state index contributed by atoms with van der Waals surface area (Å²) >= 11 is 0. The molecule has 0 spiro atoms. The molecule has 3 rings (SSSR count). The summed E-state index contributed by atoms with van der Waals surface area (Å²) < 4.78 is 0. The average Bonchev–Trinajstić information content (AvgIpc) is 2.82. The van der Waals surface area contributed by atoms with Crippen LogP contribution in [0.25, 0.3) is 11.0 Å². The van der Waals surface area contributed by atoms with Crippen LogP contribution >= 0.6 is 0 Å². The third-order valence-electron chi connectivity index (χ3n) is 3.68. The van der Waals surface area contributed by atoms with Gasteiger partial charge in [-0.05, 0) is 30.7 Å². The molecule has 0 aromatic carbocycles. The molecule has 5 nitrogen and oxygen atoms in total. The fraction of sp³-hybridized carbons (Fsp3) is 0.385. The van der Waals surface area contributed by atoms with Gasteiger partial charge in [-0.25, -0.2) is 4.98 Å². The lowest BCUT2D eigenvalue weighted by Crippen LogP contribution is -2.39. The first-order chi connectivity index (χ1) is 8.77. The standard InChI is InChI=1S/C13H15N3O2/c17-13(18)11-6-14-5-3-8(11)10-7-16-12-9(10)2-1-4-15-12/h1-2,4,7-8,11,14H,3,5-6H2,(H,15,16)(H,17,18). The molecular weight excluding hydrogens is 230 g/mol. The molecule has 0 radical (unpaired) electrons. The van der Waals surface area contributed by atoms with Crippen molar-refractivity contribution in [3.8, 4) is 0 Å². The molecule has 3 N–H and O–H groups in total. The van der Waals surface area contributed by atoms with Crippen LogP contribution in [0.3, 0.4) is 0 Å². The summed E-state index contributed by atoms with van der Waals surface area (Å²) in [4.78, 5) is 18.7. The van der Waals surface area contributed by atoms with Crippen LogP contribution in [0.2, 0.25) is 0 Å². The Kier molecular flexibility index (Phi) is 2.76. The van der Waals surface area contributed by atoms with Gasteiger partial charge in [-0.1, -0.05) is 0 Å². The maximum absolute atomic E-state index is 11.3. The number of piperidine rings is 1. The molecular formula is C13H15N3O2. The van der Waals surface area contributed by atoms with Crippen LogP contribution in [0.5, 0.6) is 0 Å². The second kappa shape index (κ2) is 4.42. The number of nitrogens with zero attached hydrogens (tertiary/aromatic N) is 1. The summed E-state index contributed by atoms with van der Waals surface area (Å²) in [5.41, 5.74) is 1.90. The molecule has 0 bridgehead atoms. The first-order valence-electron chi connectivity index (χ1n) is 6.13. The number of carbonyl (C=O) groups is 1. The maximum Gasteiger partial charge on any atom is 0.308 e. The first kappa shape index (κ1) is 11.2. The largest absolute Gasteiger partial charge is 0.481 e. The molecule has 2 unspecified atom stereocenters. The van der Waals surface area contributed by atoms with Crippen molar-refractivity contribution in [2.45, 2.75) is 12.3 Å². The van der Waals surface area contributed by atoms with Crippen LogP contribution in [0.4, 0.5) is 0 Å². The van der Waals surface area contributed by atoms with E-state index in [0.717, 1.165) is 29.6 Å². The van der Waals surface area contributed by atoms with Gasteiger partial charge in [0, 0.05) is 30.2 Å². The minimum absolute atomic E-state index is 0.0571. The molecule has 1 aliphatic rings. The molecule has 3 heterocycles. The zero-order valence-corrected chi connectivity index (χ0v) is 9.89. The topological polar surface area (TPSA) is 78.0 Å². The highest BCUT2D eigenvalue weighted by atomic mass is 16.4. The fourth-order valence-corrected chi connectivity index (χ4v) is 2.77. The van der Waals surface area contributed by atoms with E-state index in [4.69, 9.17) is 0 Å². The number of H-pyrrole nitrogens is 1. The van der Waals surface area contributed by atoms with Crippen LogP contribution in [-0.4, -0.2) is 34.1 Å². The Bertz CT molecular complexity index is 578. The summed E-state index contributed by atoms with van der Waals surface area (Å²) in [6.45, 7) is 1.40. The Balaban J connectivity index is 2.04. The molecule has 0 aliphatic carbocycles. The Morgan fingerprint density at radius 1 is 1.50 bits per heavy atom. The summed E-state index contributed by atoms with van der Waals surface area (Å²) in [5, 5.41) is 13.5. The summed E-state index contributed by atoms with van der Waals surface area (Å²) in [6, 6.07) is 3.88. The van der Waals surface area contributed by atoms with Crippen molar-refractivity contribution in [2.75, 3.05) is 13.1 Å². The van der Waals surface area contributed by atoms with E-state index in [9.17, 15) is 9.90 Å². The highest BCUT2D eigenvalue weighted by Crippen LogP contribution is 2.34. The van der Waals surface area contributed by atoms with E-state index < -0.39 is 5.97 Å². The highest BCUT2D eigenvalue weighted by molar-refractivity contribution is 5.82. The van der Waals surface area contributed by atoms with Gasteiger partial charge in [0.2, 0.25) is 0 Å². The van der Waals surface area contributed by atoms with Crippen LogP contribution < -0.4 is 5.32 Å². The van der Waals surface area contributed by atoms with E-state index in [1.807, 2.05) is 18.3 Å². The van der Waals surface area contributed by atoms with Crippen molar-refractivity contribution >= 4 is 17.0 Å². The number of hydrogen-bond acceptors (Lipinski definition) is 3. The minimum Gasteiger partial charge on any atom is -0.481 e. The van der Waals surface area contributed by atoms with Crippen molar-refractivity contribution in [1.29, 1.82) is 0 Å². The van der Waals surface area contributed by atoms with E-state index >= 15 is 0 Å². The number of carboxylic acid groups (broad SMARTS) is 1. The van der Waals surface area contributed by atoms with Crippen molar-refractivity contribution < 1.29 is 9.90 Å². The number of pyridine rings is 1. The Morgan fingerprint density at radius 3 is 3.22 bits per heavy atom. The molecule has 2 aromatic rings. The predicted octanol–water partition coefficient (Wildman–Crippen LogP) is 1.34. The summed E-state index contributed by atoms with van der Waals surface area (Å²) in [6.07, 6.45) is 4.49. The second-order valence-electron chi connectivity index (χ2n) is 4.69. The number of carboxylic acids is 1. The van der Waals surface area contributed by atoms with E-state index in [-0.39, 0.29) is 11.8 Å². The lowest BCUT2D eigenvalue weighted by Gasteiger charge is -2.29. The number of rotatable bonds is 2. The maximum atomic E-state index is 11.3. The van der Waals surface area contributed by atoms with Gasteiger partial charge in [-0.2, -0.15) is 0 Å². The highest BCUT2D eigenvalue weighted by Gasteiger charge is 2.33. The van der Waals surface area contributed by atoms with Crippen LogP contribution in [-0.2, 0) is 4.79 Å². The van der Waals surface area contributed by atoms with Gasteiger partial charge < -0.3 is 15.4 Å². The van der Waals surface area contributed by atoms with Crippen molar-refractivity contribution in [3.05, 3.63) is 30.1 Å². The Morgan fingerprint density at radius 2 is 2.39 bits per heavy atom. The zero-order valence-electron chi connectivity index (χ0n) is 9.89. The van der Waals surface area contributed by atoms with E-state index in [2.05, 4.69) is 15.3 Å². The lowest BCUT2D eigenvalue weighted by molar-refractivity contribution is -0.142.